The second kappa shape index (κ2) is 7.37. The molecule has 0 atom stereocenters. The van der Waals surface area contributed by atoms with Gasteiger partial charge in [-0.2, -0.15) is 10.2 Å². The monoisotopic (exact) mass is 331 g/mol. The van der Waals surface area contributed by atoms with E-state index in [0.29, 0.717) is 28.8 Å². The maximum atomic E-state index is 9.17. The number of benzene rings is 2. The highest BCUT2D eigenvalue weighted by Crippen LogP contribution is 2.28. The van der Waals surface area contributed by atoms with Crippen LogP contribution >= 0.6 is 0 Å². The minimum atomic E-state index is 0.361. The Morgan fingerprint density at radius 3 is 2.20 bits per heavy atom. The van der Waals surface area contributed by atoms with Crippen LogP contribution in [0.4, 0.5) is 5.82 Å². The van der Waals surface area contributed by atoms with Crippen LogP contribution in [-0.4, -0.2) is 19.1 Å². The summed E-state index contributed by atoms with van der Waals surface area (Å²) in [7, 11) is 3.73. The van der Waals surface area contributed by atoms with Gasteiger partial charge in [-0.15, -0.1) is 0 Å². The third kappa shape index (κ3) is 4.27. The molecule has 124 valence electrons. The van der Waals surface area contributed by atoms with E-state index in [1.807, 2.05) is 67.5 Å². The Labute approximate surface area is 146 Å². The zero-order chi connectivity index (χ0) is 17.6. The molecule has 0 saturated heterocycles. The van der Waals surface area contributed by atoms with Crippen molar-refractivity contribution in [3.05, 3.63) is 72.3 Å². The molecular formula is C20H17N3O2. The second-order valence-corrected chi connectivity index (χ2v) is 5.55. The van der Waals surface area contributed by atoms with E-state index >= 15 is 0 Å². The molecule has 0 aliphatic heterocycles. The van der Waals surface area contributed by atoms with Crippen molar-refractivity contribution in [1.29, 1.82) is 5.26 Å². The lowest BCUT2D eigenvalue weighted by Gasteiger charge is -2.13. The molecule has 1 aromatic heterocycles. The molecule has 25 heavy (non-hydrogen) atoms. The number of hydrogen-bond acceptors (Lipinski definition) is 5. The summed E-state index contributed by atoms with van der Waals surface area (Å²) >= 11 is 0. The van der Waals surface area contributed by atoms with Crippen LogP contribution in [0.25, 0.3) is 0 Å². The van der Waals surface area contributed by atoms with Crippen molar-refractivity contribution in [3.8, 4) is 29.2 Å². The minimum absolute atomic E-state index is 0.361. The quantitative estimate of drug-likeness (QED) is 0.683. The Morgan fingerprint density at radius 2 is 1.52 bits per heavy atom. The number of ether oxygens (including phenoxy) is 2. The molecule has 0 radical (unpaired) electrons. The summed E-state index contributed by atoms with van der Waals surface area (Å²) in [5.74, 6) is 3.01. The van der Waals surface area contributed by atoms with Crippen molar-refractivity contribution in [2.24, 2.45) is 0 Å². The molecule has 0 spiro atoms. The van der Waals surface area contributed by atoms with Crippen LogP contribution in [0.3, 0.4) is 0 Å². The predicted molar refractivity (Wildman–Crippen MR) is 96.3 cm³/mol. The third-order valence-corrected chi connectivity index (χ3v) is 3.38. The van der Waals surface area contributed by atoms with Gasteiger partial charge >= 0.3 is 0 Å². The molecule has 2 aromatic carbocycles. The highest BCUT2D eigenvalue weighted by atomic mass is 16.5. The van der Waals surface area contributed by atoms with Crippen LogP contribution in [0.5, 0.6) is 23.1 Å². The predicted octanol–water partition coefficient (Wildman–Crippen LogP) is 4.60. The lowest BCUT2D eigenvalue weighted by atomic mass is 10.2. The van der Waals surface area contributed by atoms with Gasteiger partial charge in [-0.25, -0.2) is 0 Å². The molecule has 5 nitrogen and oxygen atoms in total. The van der Waals surface area contributed by atoms with Gasteiger partial charge in [-0.3, -0.25) is 0 Å². The van der Waals surface area contributed by atoms with E-state index in [-0.39, 0.29) is 0 Å². The zero-order valence-corrected chi connectivity index (χ0v) is 14.0. The van der Waals surface area contributed by atoms with E-state index in [9.17, 15) is 5.26 Å². The topological polar surface area (TPSA) is 58.4 Å². The Hall–Kier alpha value is -3.52. The van der Waals surface area contributed by atoms with Crippen LogP contribution in [-0.2, 0) is 0 Å². The second-order valence-electron chi connectivity index (χ2n) is 5.55. The summed E-state index contributed by atoms with van der Waals surface area (Å²) in [5.41, 5.74) is 0.491. The van der Waals surface area contributed by atoms with Gasteiger partial charge in [0.05, 0.1) is 11.6 Å². The highest BCUT2D eigenvalue weighted by Gasteiger charge is 2.07. The van der Waals surface area contributed by atoms with E-state index in [1.54, 1.807) is 18.2 Å². The van der Waals surface area contributed by atoms with Crippen LogP contribution in [0.2, 0.25) is 0 Å². The average Bonchev–Trinajstić information content (AvgIpc) is 2.62. The summed E-state index contributed by atoms with van der Waals surface area (Å²) in [6, 6.07) is 22.3. The van der Waals surface area contributed by atoms with Gasteiger partial charge in [0.1, 0.15) is 23.1 Å². The smallest absolute Gasteiger partial charge is 0.222 e. The lowest BCUT2D eigenvalue weighted by molar-refractivity contribution is 0.449. The number of para-hydroxylation sites is 1. The number of nitrogens with zero attached hydrogens (tertiary/aromatic N) is 3. The van der Waals surface area contributed by atoms with Crippen molar-refractivity contribution in [3.63, 3.8) is 0 Å². The van der Waals surface area contributed by atoms with Crippen LogP contribution < -0.4 is 14.4 Å². The number of aromatic nitrogens is 1. The van der Waals surface area contributed by atoms with Gasteiger partial charge in [-0.05, 0) is 30.3 Å². The Morgan fingerprint density at radius 1 is 0.840 bits per heavy atom. The molecule has 0 unspecified atom stereocenters. The number of nitriles is 1. The van der Waals surface area contributed by atoms with Crippen LogP contribution in [0.1, 0.15) is 5.56 Å². The molecular weight excluding hydrogens is 314 g/mol. The van der Waals surface area contributed by atoms with E-state index in [1.165, 1.54) is 0 Å². The Bertz CT molecular complexity index is 902. The largest absolute Gasteiger partial charge is 0.457 e. The summed E-state index contributed by atoms with van der Waals surface area (Å²) in [5, 5.41) is 9.17. The molecule has 0 aliphatic rings. The van der Waals surface area contributed by atoms with Gasteiger partial charge in [0, 0.05) is 26.2 Å². The zero-order valence-electron chi connectivity index (χ0n) is 14.0. The molecule has 0 N–H and O–H groups in total. The van der Waals surface area contributed by atoms with Crippen molar-refractivity contribution in [1.82, 2.24) is 4.98 Å². The molecule has 0 saturated carbocycles. The molecule has 0 amide bonds. The molecule has 0 bridgehead atoms. The Kier molecular flexibility index (Phi) is 4.82. The minimum Gasteiger partial charge on any atom is -0.457 e. The number of hydrogen-bond donors (Lipinski definition) is 0. The van der Waals surface area contributed by atoms with Crippen LogP contribution in [0.15, 0.2) is 66.7 Å². The number of rotatable bonds is 5. The highest BCUT2D eigenvalue weighted by molar-refractivity contribution is 5.48. The van der Waals surface area contributed by atoms with E-state index in [2.05, 4.69) is 11.1 Å². The van der Waals surface area contributed by atoms with Gasteiger partial charge < -0.3 is 14.4 Å². The van der Waals surface area contributed by atoms with Gasteiger partial charge in [-0.1, -0.05) is 24.3 Å². The van der Waals surface area contributed by atoms with Crippen molar-refractivity contribution >= 4 is 5.82 Å². The first kappa shape index (κ1) is 16.3. The lowest BCUT2D eigenvalue weighted by Crippen LogP contribution is -2.11. The third-order valence-electron chi connectivity index (χ3n) is 3.38. The Balaban J connectivity index is 1.83. The summed E-state index contributed by atoms with van der Waals surface area (Å²) in [6.07, 6.45) is 0. The first-order valence-electron chi connectivity index (χ1n) is 7.74. The molecule has 1 heterocycles. The maximum absolute atomic E-state index is 9.17. The van der Waals surface area contributed by atoms with Gasteiger partial charge in [0.25, 0.3) is 0 Å². The van der Waals surface area contributed by atoms with E-state index in [4.69, 9.17) is 9.47 Å². The van der Waals surface area contributed by atoms with Crippen LogP contribution in [0, 0.1) is 11.3 Å². The molecule has 0 fully saturated rings. The summed E-state index contributed by atoms with van der Waals surface area (Å²) in [4.78, 5) is 6.22. The molecule has 5 heteroatoms. The van der Waals surface area contributed by atoms with Crippen molar-refractivity contribution < 1.29 is 9.47 Å². The first-order chi connectivity index (χ1) is 12.1. The fraction of sp³-hybridized carbons (Fsp3) is 0.100. The number of anilines is 1. The fourth-order valence-electron chi connectivity index (χ4n) is 2.18. The van der Waals surface area contributed by atoms with E-state index < -0.39 is 0 Å². The average molecular weight is 331 g/mol. The fourth-order valence-corrected chi connectivity index (χ4v) is 2.18. The maximum Gasteiger partial charge on any atom is 0.222 e. The molecule has 3 rings (SSSR count). The summed E-state index contributed by atoms with van der Waals surface area (Å²) < 4.78 is 11.6. The van der Waals surface area contributed by atoms with Crippen molar-refractivity contribution in [2.45, 2.75) is 0 Å². The summed E-state index contributed by atoms with van der Waals surface area (Å²) in [6.45, 7) is 0. The SMILES string of the molecule is CN(C)c1cc(C#N)cc(Oc2cccc(Oc3ccccc3)c2)n1. The van der Waals surface area contributed by atoms with E-state index in [0.717, 1.165) is 5.75 Å². The number of pyridine rings is 1. The van der Waals surface area contributed by atoms with Gasteiger partial charge in [0.15, 0.2) is 0 Å². The normalized spacial score (nSPS) is 9.96. The van der Waals surface area contributed by atoms with Crippen molar-refractivity contribution in [2.75, 3.05) is 19.0 Å². The standard InChI is InChI=1S/C20H17N3O2/c1-23(2)19-11-15(14-21)12-20(22-19)25-18-10-6-9-17(13-18)24-16-7-4-3-5-8-16/h3-13H,1-2H3. The molecule has 3 aromatic rings. The molecule has 0 aliphatic carbocycles. The first-order valence-corrected chi connectivity index (χ1v) is 7.74. The van der Waals surface area contributed by atoms with Gasteiger partial charge in [0.2, 0.25) is 5.88 Å².